The molecule has 1 rings (SSSR count). The van der Waals surface area contributed by atoms with Crippen LogP contribution < -0.4 is 4.90 Å². The number of anilines is 1. The van der Waals surface area contributed by atoms with E-state index in [2.05, 4.69) is 50.1 Å². The number of nitrogens with zero attached hydrogens (tertiary/aromatic N) is 1. The maximum Gasteiger partial charge on any atom is 0.0363 e. The summed E-state index contributed by atoms with van der Waals surface area (Å²) in [6.45, 7) is 5.81. The van der Waals surface area contributed by atoms with Crippen LogP contribution in [0.2, 0.25) is 0 Å². The summed E-state index contributed by atoms with van der Waals surface area (Å²) in [5, 5.41) is 0. The Kier molecular flexibility index (Phi) is 33.1. The quantitative estimate of drug-likeness (QED) is 0.0655. The van der Waals surface area contributed by atoms with Gasteiger partial charge in [0.15, 0.2) is 0 Å². The summed E-state index contributed by atoms with van der Waals surface area (Å²) < 4.78 is 0. The highest BCUT2D eigenvalue weighted by molar-refractivity contribution is 5.46. The van der Waals surface area contributed by atoms with Crippen molar-refractivity contribution in [2.75, 3.05) is 18.5 Å². The second-order valence-electron chi connectivity index (χ2n) is 15.2. The predicted molar refractivity (Wildman–Crippen MR) is 212 cm³/mol. The van der Waals surface area contributed by atoms with Gasteiger partial charge in [-0.15, -0.1) is 0 Å². The molecule has 0 saturated carbocycles. The molecule has 1 heteroatoms. The fraction of sp³-hybridized carbons (Fsp3) is 0.867. The number of unbranched alkanes of at least 4 members (excludes halogenated alkanes) is 32. The van der Waals surface area contributed by atoms with E-state index < -0.39 is 0 Å². The highest BCUT2D eigenvalue weighted by Gasteiger charge is 2.02. The molecule has 0 aliphatic carbocycles. The number of aryl methyl sites for hydroxylation is 1. The Balaban J connectivity index is 1.85. The molecule has 1 aromatic rings. The van der Waals surface area contributed by atoms with Crippen LogP contribution in [0.4, 0.5) is 5.69 Å². The Bertz CT molecular complexity index is 693. The monoisotopic (exact) mass is 640 g/mol. The molecule has 0 fully saturated rings. The summed E-state index contributed by atoms with van der Waals surface area (Å²) in [4.78, 5) is 2.46. The summed E-state index contributed by atoms with van der Waals surface area (Å²) in [5.74, 6) is 0. The van der Waals surface area contributed by atoms with Crippen LogP contribution in [-0.2, 0) is 6.42 Å². The number of rotatable bonds is 37. The van der Waals surface area contributed by atoms with Gasteiger partial charge in [-0.1, -0.05) is 231 Å². The first-order valence-electron chi connectivity index (χ1n) is 21.6. The lowest BCUT2D eigenvalue weighted by Gasteiger charge is -2.19. The van der Waals surface area contributed by atoms with Gasteiger partial charge in [-0.25, -0.2) is 0 Å². The predicted octanol–water partition coefficient (Wildman–Crippen LogP) is 16.0. The van der Waals surface area contributed by atoms with Gasteiger partial charge < -0.3 is 4.90 Å². The third-order valence-corrected chi connectivity index (χ3v) is 10.5. The zero-order valence-corrected chi connectivity index (χ0v) is 32.2. The summed E-state index contributed by atoms with van der Waals surface area (Å²) >= 11 is 0. The molecule has 0 radical (unpaired) electrons. The molecule has 270 valence electrons. The molecule has 0 bridgehead atoms. The Morgan fingerprint density at radius 3 is 0.891 bits per heavy atom. The summed E-state index contributed by atoms with van der Waals surface area (Å²) in [5.41, 5.74) is 2.92. The molecule has 0 saturated heterocycles. The first-order valence-corrected chi connectivity index (χ1v) is 21.6. The van der Waals surface area contributed by atoms with Gasteiger partial charge in [0, 0.05) is 19.3 Å². The molecule has 0 atom stereocenters. The number of hydrogen-bond acceptors (Lipinski definition) is 1. The van der Waals surface area contributed by atoms with Crippen LogP contribution in [0.1, 0.15) is 238 Å². The maximum atomic E-state index is 2.46. The summed E-state index contributed by atoms with van der Waals surface area (Å²) in [6, 6.07) is 9.48. The van der Waals surface area contributed by atoms with E-state index in [1.165, 1.54) is 243 Å². The maximum absolute atomic E-state index is 2.46. The van der Waals surface area contributed by atoms with Gasteiger partial charge in [-0.05, 0) is 37.0 Å². The van der Waals surface area contributed by atoms with Gasteiger partial charge in [0.2, 0.25) is 0 Å². The van der Waals surface area contributed by atoms with Crippen molar-refractivity contribution in [2.24, 2.45) is 0 Å². The second kappa shape index (κ2) is 35.3. The summed E-state index contributed by atoms with van der Waals surface area (Å²) in [7, 11) is 2.28. The highest BCUT2D eigenvalue weighted by atomic mass is 15.1. The van der Waals surface area contributed by atoms with Crippen LogP contribution in [0, 0.1) is 0 Å². The Hall–Kier alpha value is -0.980. The Morgan fingerprint density at radius 2 is 0.587 bits per heavy atom. The lowest BCUT2D eigenvalue weighted by Crippen LogP contribution is -2.18. The smallest absolute Gasteiger partial charge is 0.0363 e. The lowest BCUT2D eigenvalue weighted by molar-refractivity contribution is 0.525. The van der Waals surface area contributed by atoms with Crippen LogP contribution in [-0.4, -0.2) is 13.6 Å². The largest absolute Gasteiger partial charge is 0.375 e. The highest BCUT2D eigenvalue weighted by Crippen LogP contribution is 2.19. The number of hydrogen-bond donors (Lipinski definition) is 0. The minimum atomic E-state index is 1.19. The van der Waals surface area contributed by atoms with E-state index in [0.717, 1.165) is 0 Å². The van der Waals surface area contributed by atoms with Crippen LogP contribution >= 0.6 is 0 Å². The lowest BCUT2D eigenvalue weighted by atomic mass is 10.0. The van der Waals surface area contributed by atoms with E-state index in [1.807, 2.05) is 0 Å². The van der Waals surface area contributed by atoms with Crippen LogP contribution in [0.5, 0.6) is 0 Å². The average molecular weight is 640 g/mol. The van der Waals surface area contributed by atoms with Gasteiger partial charge >= 0.3 is 0 Å². The Morgan fingerprint density at radius 1 is 0.326 bits per heavy atom. The fourth-order valence-corrected chi connectivity index (χ4v) is 7.17. The van der Waals surface area contributed by atoms with E-state index in [4.69, 9.17) is 0 Å². The van der Waals surface area contributed by atoms with Crippen LogP contribution in [0.15, 0.2) is 24.3 Å². The van der Waals surface area contributed by atoms with Gasteiger partial charge in [0.1, 0.15) is 0 Å². The van der Waals surface area contributed by atoms with Gasteiger partial charge in [-0.3, -0.25) is 0 Å². The van der Waals surface area contributed by atoms with Gasteiger partial charge in [0.05, 0.1) is 0 Å². The van der Waals surface area contributed by atoms with Gasteiger partial charge in [-0.2, -0.15) is 0 Å². The summed E-state index contributed by atoms with van der Waals surface area (Å²) in [6.07, 6.45) is 50.4. The van der Waals surface area contributed by atoms with E-state index in [0.29, 0.717) is 0 Å². The fourth-order valence-electron chi connectivity index (χ4n) is 7.17. The van der Waals surface area contributed by atoms with Crippen molar-refractivity contribution in [3.8, 4) is 0 Å². The van der Waals surface area contributed by atoms with Crippen molar-refractivity contribution in [1.82, 2.24) is 0 Å². The van der Waals surface area contributed by atoms with E-state index >= 15 is 0 Å². The zero-order chi connectivity index (χ0) is 33.0. The normalized spacial score (nSPS) is 11.5. The van der Waals surface area contributed by atoms with Gasteiger partial charge in [0.25, 0.3) is 0 Å². The topological polar surface area (TPSA) is 3.24 Å². The van der Waals surface area contributed by atoms with Crippen LogP contribution in [0.3, 0.4) is 0 Å². The first kappa shape index (κ1) is 43.0. The third-order valence-electron chi connectivity index (χ3n) is 10.5. The van der Waals surface area contributed by atoms with Crippen molar-refractivity contribution < 1.29 is 0 Å². The molecule has 0 heterocycles. The molecular formula is C45H85N. The van der Waals surface area contributed by atoms with E-state index in [1.54, 1.807) is 0 Å². The molecule has 0 aromatic heterocycles. The van der Waals surface area contributed by atoms with Crippen molar-refractivity contribution in [3.63, 3.8) is 0 Å². The molecule has 0 aliphatic heterocycles. The molecule has 0 unspecified atom stereocenters. The molecule has 1 aromatic carbocycles. The van der Waals surface area contributed by atoms with E-state index in [-0.39, 0.29) is 0 Å². The molecule has 0 spiro atoms. The molecule has 0 N–H and O–H groups in total. The minimum Gasteiger partial charge on any atom is -0.375 e. The molecular weight excluding hydrogens is 555 g/mol. The van der Waals surface area contributed by atoms with Crippen molar-refractivity contribution in [3.05, 3.63) is 29.8 Å². The first-order chi connectivity index (χ1) is 22.8. The molecule has 0 aliphatic rings. The average Bonchev–Trinajstić information content (AvgIpc) is 3.07. The molecule has 1 nitrogen and oxygen atoms in total. The number of benzene rings is 1. The van der Waals surface area contributed by atoms with Crippen molar-refractivity contribution >= 4 is 5.69 Å². The standard InChI is InChI=1S/C45H85N/c1-4-6-8-10-12-14-16-18-20-22-23-24-26-28-30-32-34-36-38-44-39-41-45(42-40-44)46(3)43-37-35-33-31-29-27-25-21-19-17-15-13-11-9-7-5-2/h39-42H,4-38,43H2,1-3H3. The van der Waals surface area contributed by atoms with Crippen molar-refractivity contribution in [2.45, 2.75) is 239 Å². The van der Waals surface area contributed by atoms with Crippen molar-refractivity contribution in [1.29, 1.82) is 0 Å². The molecule has 46 heavy (non-hydrogen) atoms. The zero-order valence-electron chi connectivity index (χ0n) is 32.2. The SMILES string of the molecule is CCCCCCCCCCCCCCCCCCCCc1ccc(N(C)CCCCCCCCCCCCCCCCCC)cc1. The second-order valence-corrected chi connectivity index (χ2v) is 15.2. The minimum absolute atomic E-state index is 1.19. The molecule has 0 amide bonds. The van der Waals surface area contributed by atoms with Crippen LogP contribution in [0.25, 0.3) is 0 Å². The van der Waals surface area contributed by atoms with E-state index in [9.17, 15) is 0 Å². The third kappa shape index (κ3) is 29.2. The Labute approximate surface area is 291 Å².